The van der Waals surface area contributed by atoms with Crippen molar-refractivity contribution in [3.05, 3.63) is 58.4 Å². The molecule has 2 aromatic carbocycles. The number of rotatable bonds is 8. The molecule has 1 fully saturated rings. The normalized spacial score (nSPS) is 15.1. The summed E-state index contributed by atoms with van der Waals surface area (Å²) in [6.45, 7) is 3.16. The van der Waals surface area contributed by atoms with Gasteiger partial charge in [-0.1, -0.05) is 23.7 Å². The van der Waals surface area contributed by atoms with Crippen molar-refractivity contribution < 1.29 is 28.2 Å². The summed E-state index contributed by atoms with van der Waals surface area (Å²) in [6, 6.07) is 9.48. The molecule has 1 heterocycles. The molecule has 0 spiro atoms. The van der Waals surface area contributed by atoms with E-state index in [0.29, 0.717) is 54.6 Å². The van der Waals surface area contributed by atoms with Crippen molar-refractivity contribution in [3.63, 3.8) is 0 Å². The van der Waals surface area contributed by atoms with Crippen LogP contribution >= 0.6 is 11.6 Å². The molecule has 8 heteroatoms. The van der Waals surface area contributed by atoms with Gasteiger partial charge in [0, 0.05) is 18.7 Å². The van der Waals surface area contributed by atoms with E-state index >= 15 is 0 Å². The third-order valence-corrected chi connectivity index (χ3v) is 6.35. The van der Waals surface area contributed by atoms with Crippen LogP contribution in [0.2, 0.25) is 5.02 Å². The van der Waals surface area contributed by atoms with Gasteiger partial charge in [-0.3, -0.25) is 9.59 Å². The zero-order valence-electron chi connectivity index (χ0n) is 19.1. The van der Waals surface area contributed by atoms with Crippen LogP contribution in [0.4, 0.5) is 4.39 Å². The number of ether oxygens (including phenoxy) is 3. The Morgan fingerprint density at radius 3 is 2.36 bits per heavy atom. The Bertz CT molecular complexity index is 974. The van der Waals surface area contributed by atoms with Gasteiger partial charge in [-0.05, 0) is 61.4 Å². The fourth-order valence-corrected chi connectivity index (χ4v) is 4.68. The van der Waals surface area contributed by atoms with Gasteiger partial charge >= 0.3 is 5.97 Å². The molecule has 0 aromatic heterocycles. The molecule has 0 saturated carbocycles. The van der Waals surface area contributed by atoms with Crippen molar-refractivity contribution in [2.45, 2.75) is 32.1 Å². The minimum Gasteiger partial charge on any atom is -0.493 e. The van der Waals surface area contributed by atoms with Crippen molar-refractivity contribution in [1.82, 2.24) is 4.90 Å². The zero-order valence-corrected chi connectivity index (χ0v) is 19.9. The summed E-state index contributed by atoms with van der Waals surface area (Å²) in [5.41, 5.74) is 1.33. The highest BCUT2D eigenvalue weighted by Gasteiger charge is 2.32. The minimum absolute atomic E-state index is 0.0996. The first-order chi connectivity index (χ1) is 15.9. The number of hydrogen-bond acceptors (Lipinski definition) is 5. The standard InChI is InChI=1S/C25H29ClFNO5/c1-4-33-23(29)15-20(16-5-7-19(27)8-6-16)17-9-11-28(12-10-17)25(30)18-13-21(26)24(32-3)22(14-18)31-2/h5-8,13-14,17,20H,4,9-12,15H2,1-3H3. The second-order valence-corrected chi connectivity index (χ2v) is 8.40. The molecule has 1 atom stereocenters. The Morgan fingerprint density at radius 2 is 1.79 bits per heavy atom. The zero-order chi connectivity index (χ0) is 24.0. The lowest BCUT2D eigenvalue weighted by atomic mass is 9.78. The molecular weight excluding hydrogens is 449 g/mol. The Balaban J connectivity index is 1.73. The number of esters is 1. The summed E-state index contributed by atoms with van der Waals surface area (Å²) in [4.78, 5) is 27.1. The maximum Gasteiger partial charge on any atom is 0.306 e. The molecule has 1 saturated heterocycles. The number of hydrogen-bond donors (Lipinski definition) is 0. The summed E-state index contributed by atoms with van der Waals surface area (Å²) >= 11 is 6.27. The number of halogens is 2. The number of amides is 1. The maximum absolute atomic E-state index is 13.4. The number of methoxy groups -OCH3 is 2. The number of likely N-dealkylation sites (tertiary alicyclic amines) is 1. The van der Waals surface area contributed by atoms with Crippen LogP contribution in [-0.4, -0.2) is 50.7 Å². The van der Waals surface area contributed by atoms with Gasteiger partial charge in [0.25, 0.3) is 5.91 Å². The highest BCUT2D eigenvalue weighted by atomic mass is 35.5. The highest BCUT2D eigenvalue weighted by molar-refractivity contribution is 6.32. The number of benzene rings is 2. The molecular formula is C25H29ClFNO5. The highest BCUT2D eigenvalue weighted by Crippen LogP contribution is 2.38. The van der Waals surface area contributed by atoms with E-state index in [9.17, 15) is 14.0 Å². The number of carbonyl (C=O) groups is 2. The van der Waals surface area contributed by atoms with Crippen LogP contribution in [0, 0.1) is 11.7 Å². The first-order valence-electron chi connectivity index (χ1n) is 11.0. The first-order valence-corrected chi connectivity index (χ1v) is 11.4. The molecule has 0 bridgehead atoms. The lowest BCUT2D eigenvalue weighted by molar-refractivity contribution is -0.144. The van der Waals surface area contributed by atoms with Gasteiger partial charge in [0.2, 0.25) is 0 Å². The van der Waals surface area contributed by atoms with Gasteiger partial charge in [-0.2, -0.15) is 0 Å². The summed E-state index contributed by atoms with van der Waals surface area (Å²) in [5.74, 6) is 0.118. The van der Waals surface area contributed by atoms with E-state index in [1.165, 1.54) is 26.4 Å². The van der Waals surface area contributed by atoms with Gasteiger partial charge in [0.1, 0.15) is 5.82 Å². The second kappa shape index (κ2) is 11.4. The van der Waals surface area contributed by atoms with Crippen molar-refractivity contribution in [1.29, 1.82) is 0 Å². The maximum atomic E-state index is 13.4. The van der Waals surface area contributed by atoms with Crippen LogP contribution in [0.25, 0.3) is 0 Å². The van der Waals surface area contributed by atoms with Crippen LogP contribution < -0.4 is 9.47 Å². The molecule has 178 valence electrons. The van der Waals surface area contributed by atoms with Crippen LogP contribution in [0.3, 0.4) is 0 Å². The average Bonchev–Trinajstić information content (AvgIpc) is 2.82. The average molecular weight is 478 g/mol. The Hall–Kier alpha value is -2.80. The number of carbonyl (C=O) groups excluding carboxylic acids is 2. The largest absolute Gasteiger partial charge is 0.493 e. The van der Waals surface area contributed by atoms with Gasteiger partial charge in [-0.15, -0.1) is 0 Å². The molecule has 0 radical (unpaired) electrons. The van der Waals surface area contributed by atoms with E-state index in [4.69, 9.17) is 25.8 Å². The fraction of sp³-hybridized carbons (Fsp3) is 0.440. The molecule has 1 aliphatic heterocycles. The Morgan fingerprint density at radius 1 is 1.12 bits per heavy atom. The van der Waals surface area contributed by atoms with Crippen molar-refractivity contribution >= 4 is 23.5 Å². The minimum atomic E-state index is -0.317. The van der Waals surface area contributed by atoms with Gasteiger partial charge in [0.15, 0.2) is 11.5 Å². The van der Waals surface area contributed by atoms with Gasteiger partial charge in [-0.25, -0.2) is 4.39 Å². The quantitative estimate of drug-likeness (QED) is 0.496. The van der Waals surface area contributed by atoms with Crippen LogP contribution in [0.1, 0.15) is 48.0 Å². The molecule has 3 rings (SSSR count). The molecule has 0 N–H and O–H groups in total. The summed E-state index contributed by atoms with van der Waals surface area (Å²) in [7, 11) is 2.98. The SMILES string of the molecule is CCOC(=O)CC(c1ccc(F)cc1)C1CCN(C(=O)c2cc(Cl)c(OC)c(OC)c2)CC1. The predicted molar refractivity (Wildman–Crippen MR) is 124 cm³/mol. The third kappa shape index (κ3) is 5.96. The van der Waals surface area contributed by atoms with E-state index in [2.05, 4.69) is 0 Å². The molecule has 0 aliphatic carbocycles. The van der Waals surface area contributed by atoms with Gasteiger partial charge in [0.05, 0.1) is 32.3 Å². The van der Waals surface area contributed by atoms with Crippen molar-refractivity contribution in [3.8, 4) is 11.5 Å². The fourth-order valence-electron chi connectivity index (χ4n) is 4.40. The third-order valence-electron chi connectivity index (χ3n) is 6.07. The second-order valence-electron chi connectivity index (χ2n) is 7.99. The molecule has 1 amide bonds. The van der Waals surface area contributed by atoms with Crippen molar-refractivity contribution in [2.24, 2.45) is 5.92 Å². The molecule has 1 aliphatic rings. The van der Waals surface area contributed by atoms with E-state index in [1.807, 2.05) is 0 Å². The van der Waals surface area contributed by atoms with Crippen LogP contribution in [0.15, 0.2) is 36.4 Å². The predicted octanol–water partition coefficient (Wildman–Crippen LogP) is 5.09. The van der Waals surface area contributed by atoms with Crippen LogP contribution in [0.5, 0.6) is 11.5 Å². The smallest absolute Gasteiger partial charge is 0.306 e. The Labute approximate surface area is 198 Å². The topological polar surface area (TPSA) is 65.1 Å². The lowest BCUT2D eigenvalue weighted by Crippen LogP contribution is -2.40. The number of nitrogens with zero attached hydrogens (tertiary/aromatic N) is 1. The molecule has 2 aromatic rings. The summed E-state index contributed by atoms with van der Waals surface area (Å²) < 4.78 is 29.2. The van der Waals surface area contributed by atoms with E-state index in [0.717, 1.165) is 5.56 Å². The van der Waals surface area contributed by atoms with Crippen LogP contribution in [-0.2, 0) is 9.53 Å². The van der Waals surface area contributed by atoms with E-state index < -0.39 is 0 Å². The van der Waals surface area contributed by atoms with Gasteiger partial charge < -0.3 is 19.1 Å². The van der Waals surface area contributed by atoms with E-state index in [1.54, 1.807) is 36.1 Å². The summed E-state index contributed by atoms with van der Waals surface area (Å²) in [6.07, 6.45) is 1.66. The molecule has 6 nitrogen and oxygen atoms in total. The molecule has 33 heavy (non-hydrogen) atoms. The lowest BCUT2D eigenvalue weighted by Gasteiger charge is -2.36. The molecule has 1 unspecified atom stereocenters. The first kappa shape index (κ1) is 24.8. The Kier molecular flexibility index (Phi) is 8.55. The summed E-state index contributed by atoms with van der Waals surface area (Å²) in [5, 5.41) is 0.306. The van der Waals surface area contributed by atoms with E-state index in [-0.39, 0.29) is 36.0 Å². The van der Waals surface area contributed by atoms with Crippen molar-refractivity contribution in [2.75, 3.05) is 33.9 Å². The number of piperidine rings is 1. The monoisotopic (exact) mass is 477 g/mol.